The molecule has 1 amide bonds. The number of Topliss-reactive ketones (excluding diaryl/α,β-unsaturated/α-hetero) is 1. The number of hydrogen-bond donors (Lipinski definition) is 2. The van der Waals surface area contributed by atoms with Crippen LogP contribution in [0.25, 0.3) is 11.0 Å². The van der Waals surface area contributed by atoms with E-state index in [1.54, 1.807) is 48.5 Å². The molecule has 0 saturated heterocycles. The molecule has 0 saturated carbocycles. The molecule has 6 nitrogen and oxygen atoms in total. The van der Waals surface area contributed by atoms with Crippen molar-refractivity contribution in [3.8, 4) is 5.75 Å². The quantitative estimate of drug-likeness (QED) is 0.674. The Bertz CT molecular complexity index is 1070. The molecule has 2 N–H and O–H groups in total. The highest BCUT2D eigenvalue weighted by atomic mass is 16.4. The fourth-order valence-corrected chi connectivity index (χ4v) is 3.13. The summed E-state index contributed by atoms with van der Waals surface area (Å²) in [6.07, 6.45) is 0.0378. The lowest BCUT2D eigenvalue weighted by Crippen LogP contribution is -2.16. The summed E-state index contributed by atoms with van der Waals surface area (Å²) >= 11 is 0. The Morgan fingerprint density at radius 3 is 2.37 bits per heavy atom. The monoisotopic (exact) mass is 365 g/mol. The SMILES string of the molecule is CC(=O)CC(c1ccc(NC(C)=O)cc1)c1c(O)c2ccccc2oc1=O. The number of nitrogens with one attached hydrogen (secondary N) is 1. The van der Waals surface area contributed by atoms with Crippen LogP contribution in [-0.4, -0.2) is 16.8 Å². The Morgan fingerprint density at radius 1 is 1.07 bits per heavy atom. The lowest BCUT2D eigenvalue weighted by molar-refractivity contribution is -0.117. The number of aromatic hydroxyl groups is 1. The molecule has 0 spiro atoms. The third-order valence-electron chi connectivity index (χ3n) is 4.29. The van der Waals surface area contributed by atoms with Gasteiger partial charge in [0.25, 0.3) is 0 Å². The van der Waals surface area contributed by atoms with E-state index < -0.39 is 11.5 Å². The molecule has 0 aliphatic heterocycles. The Labute approximate surface area is 155 Å². The fourth-order valence-electron chi connectivity index (χ4n) is 3.13. The van der Waals surface area contributed by atoms with E-state index >= 15 is 0 Å². The molecule has 0 bridgehead atoms. The van der Waals surface area contributed by atoms with E-state index in [0.717, 1.165) is 0 Å². The van der Waals surface area contributed by atoms with Crippen LogP contribution in [0.3, 0.4) is 0 Å². The molecule has 1 heterocycles. The molecule has 27 heavy (non-hydrogen) atoms. The first-order valence-corrected chi connectivity index (χ1v) is 8.48. The number of benzene rings is 2. The van der Waals surface area contributed by atoms with Gasteiger partial charge in [-0.15, -0.1) is 0 Å². The average Bonchev–Trinajstić information content (AvgIpc) is 2.61. The maximum atomic E-state index is 12.6. The number of carbonyl (C=O) groups excluding carboxylic acids is 2. The molecule has 2 aromatic carbocycles. The molecule has 1 atom stereocenters. The maximum absolute atomic E-state index is 12.6. The molecule has 1 aromatic heterocycles. The number of fused-ring (bicyclic) bond motifs is 1. The van der Waals surface area contributed by atoms with Gasteiger partial charge in [0.05, 0.1) is 10.9 Å². The Hall–Kier alpha value is -3.41. The third-order valence-corrected chi connectivity index (χ3v) is 4.29. The van der Waals surface area contributed by atoms with Gasteiger partial charge in [-0.1, -0.05) is 24.3 Å². The zero-order valence-corrected chi connectivity index (χ0v) is 15.0. The second kappa shape index (κ2) is 7.45. The van der Waals surface area contributed by atoms with E-state index in [1.807, 2.05) is 0 Å². The molecular formula is C21H19NO5. The highest BCUT2D eigenvalue weighted by Gasteiger charge is 2.26. The standard InChI is InChI=1S/C21H19NO5/c1-12(23)11-17(14-7-9-15(10-8-14)22-13(2)24)19-20(25)16-5-3-4-6-18(16)27-21(19)26/h3-10,17,25H,11H2,1-2H3,(H,22,24). The molecule has 0 aliphatic carbocycles. The zero-order chi connectivity index (χ0) is 19.6. The predicted octanol–water partition coefficient (Wildman–Crippen LogP) is 3.57. The highest BCUT2D eigenvalue weighted by molar-refractivity contribution is 5.88. The van der Waals surface area contributed by atoms with Crippen LogP contribution in [0.1, 0.15) is 37.3 Å². The molecule has 0 radical (unpaired) electrons. The molecule has 1 unspecified atom stereocenters. The number of anilines is 1. The first kappa shape index (κ1) is 18.4. The van der Waals surface area contributed by atoms with Gasteiger partial charge in [0.2, 0.25) is 5.91 Å². The number of hydrogen-bond acceptors (Lipinski definition) is 5. The van der Waals surface area contributed by atoms with Gasteiger partial charge in [-0.25, -0.2) is 4.79 Å². The third kappa shape index (κ3) is 3.89. The normalized spacial score (nSPS) is 11.9. The summed E-state index contributed by atoms with van der Waals surface area (Å²) in [5.74, 6) is -1.16. The van der Waals surface area contributed by atoms with Crippen LogP contribution in [0.5, 0.6) is 5.75 Å². The van der Waals surface area contributed by atoms with Gasteiger partial charge >= 0.3 is 5.63 Å². The van der Waals surface area contributed by atoms with Gasteiger partial charge in [0.15, 0.2) is 0 Å². The first-order chi connectivity index (χ1) is 12.9. The van der Waals surface area contributed by atoms with E-state index in [0.29, 0.717) is 16.6 Å². The summed E-state index contributed by atoms with van der Waals surface area (Å²) in [4.78, 5) is 35.6. The second-order valence-electron chi connectivity index (χ2n) is 6.41. The molecule has 0 aliphatic rings. The van der Waals surface area contributed by atoms with Crippen LogP contribution in [-0.2, 0) is 9.59 Å². The zero-order valence-electron chi connectivity index (χ0n) is 15.0. The van der Waals surface area contributed by atoms with Crippen molar-refractivity contribution in [2.24, 2.45) is 0 Å². The molecule has 6 heteroatoms. The van der Waals surface area contributed by atoms with Crippen molar-refractivity contribution in [1.29, 1.82) is 0 Å². The minimum absolute atomic E-state index is 0.0378. The summed E-state index contributed by atoms with van der Waals surface area (Å²) in [6, 6.07) is 13.5. The van der Waals surface area contributed by atoms with Gasteiger partial charge in [-0.05, 0) is 36.8 Å². The largest absolute Gasteiger partial charge is 0.507 e. The minimum Gasteiger partial charge on any atom is -0.507 e. The number of amides is 1. The number of para-hydroxylation sites is 1. The predicted molar refractivity (Wildman–Crippen MR) is 102 cm³/mol. The lowest BCUT2D eigenvalue weighted by Gasteiger charge is -2.18. The van der Waals surface area contributed by atoms with Crippen LogP contribution >= 0.6 is 0 Å². The molecule has 138 valence electrons. The fraction of sp³-hybridized carbons (Fsp3) is 0.190. The smallest absolute Gasteiger partial charge is 0.343 e. The number of carbonyl (C=O) groups is 2. The Kier molecular flexibility index (Phi) is 5.07. The molecule has 0 fully saturated rings. The van der Waals surface area contributed by atoms with Crippen molar-refractivity contribution in [3.63, 3.8) is 0 Å². The highest BCUT2D eigenvalue weighted by Crippen LogP contribution is 2.36. The Balaban J connectivity index is 2.13. The van der Waals surface area contributed by atoms with Crippen molar-refractivity contribution in [1.82, 2.24) is 0 Å². The second-order valence-corrected chi connectivity index (χ2v) is 6.41. The van der Waals surface area contributed by atoms with Crippen LogP contribution in [0.4, 0.5) is 5.69 Å². The van der Waals surface area contributed by atoms with E-state index in [2.05, 4.69) is 5.32 Å². The summed E-state index contributed by atoms with van der Waals surface area (Å²) in [5, 5.41) is 13.8. The van der Waals surface area contributed by atoms with Crippen LogP contribution < -0.4 is 10.9 Å². The number of ketones is 1. The van der Waals surface area contributed by atoms with Gasteiger partial charge < -0.3 is 14.8 Å². The summed E-state index contributed by atoms with van der Waals surface area (Å²) in [7, 11) is 0. The first-order valence-electron chi connectivity index (χ1n) is 8.48. The van der Waals surface area contributed by atoms with Gasteiger partial charge in [-0.3, -0.25) is 9.59 Å². The number of rotatable bonds is 5. The van der Waals surface area contributed by atoms with E-state index in [9.17, 15) is 19.5 Å². The van der Waals surface area contributed by atoms with E-state index in [4.69, 9.17) is 4.42 Å². The van der Waals surface area contributed by atoms with Gasteiger partial charge in [-0.2, -0.15) is 0 Å². The minimum atomic E-state index is -0.677. The average molecular weight is 365 g/mol. The topological polar surface area (TPSA) is 96.6 Å². The maximum Gasteiger partial charge on any atom is 0.343 e. The van der Waals surface area contributed by atoms with Crippen molar-refractivity contribution in [2.75, 3.05) is 5.32 Å². The summed E-state index contributed by atoms with van der Waals surface area (Å²) in [6.45, 7) is 2.84. The molecular weight excluding hydrogens is 346 g/mol. The Morgan fingerprint density at radius 2 is 1.74 bits per heavy atom. The summed E-state index contributed by atoms with van der Waals surface area (Å²) < 4.78 is 5.35. The van der Waals surface area contributed by atoms with Crippen molar-refractivity contribution in [2.45, 2.75) is 26.2 Å². The summed E-state index contributed by atoms with van der Waals surface area (Å²) in [5.41, 5.74) is 0.922. The van der Waals surface area contributed by atoms with Crippen LogP contribution in [0, 0.1) is 0 Å². The van der Waals surface area contributed by atoms with Crippen molar-refractivity contribution >= 4 is 28.3 Å². The van der Waals surface area contributed by atoms with Gasteiger partial charge in [0, 0.05) is 24.9 Å². The molecule has 3 aromatic rings. The van der Waals surface area contributed by atoms with E-state index in [1.165, 1.54) is 13.8 Å². The van der Waals surface area contributed by atoms with Crippen molar-refractivity contribution < 1.29 is 19.1 Å². The van der Waals surface area contributed by atoms with Crippen LogP contribution in [0.2, 0.25) is 0 Å². The van der Waals surface area contributed by atoms with Crippen molar-refractivity contribution in [3.05, 3.63) is 70.1 Å². The molecule has 3 rings (SSSR count). The van der Waals surface area contributed by atoms with E-state index in [-0.39, 0.29) is 35.0 Å². The van der Waals surface area contributed by atoms with Crippen LogP contribution in [0.15, 0.2) is 57.7 Å². The van der Waals surface area contributed by atoms with Gasteiger partial charge in [0.1, 0.15) is 17.1 Å². The lowest BCUT2D eigenvalue weighted by atomic mass is 9.87.